The maximum absolute atomic E-state index is 13.3. The number of anilines is 4. The Labute approximate surface area is 581 Å². The molecule has 8 aromatic carbocycles. The number of nitrogens with two attached hydrogens (primary N) is 1. The fourth-order valence-electron chi connectivity index (χ4n) is 13.6. The van der Waals surface area contributed by atoms with Gasteiger partial charge in [-0.1, -0.05) is 165 Å². The lowest BCUT2D eigenvalue weighted by atomic mass is 10.1. The third-order valence-corrected chi connectivity index (χ3v) is 18.7. The molecule has 4 saturated heterocycles. The van der Waals surface area contributed by atoms with E-state index in [1.807, 2.05) is 212 Å². The Bertz CT molecular complexity index is 4510. The van der Waals surface area contributed by atoms with Gasteiger partial charge >= 0.3 is 5.97 Å². The van der Waals surface area contributed by atoms with E-state index >= 15 is 0 Å². The average molecular weight is 1340 g/mol. The highest BCUT2D eigenvalue weighted by atomic mass is 16.4. The number of carbonyl (C=O) groups is 8. The van der Waals surface area contributed by atoms with Crippen LogP contribution in [0.2, 0.25) is 0 Å². The van der Waals surface area contributed by atoms with Crippen molar-refractivity contribution in [2.75, 3.05) is 47.9 Å². The van der Waals surface area contributed by atoms with Gasteiger partial charge in [0.1, 0.15) is 24.2 Å². The summed E-state index contributed by atoms with van der Waals surface area (Å²) in [4.78, 5) is 115. The van der Waals surface area contributed by atoms with Gasteiger partial charge in [-0.15, -0.1) is 0 Å². The predicted molar refractivity (Wildman–Crippen MR) is 392 cm³/mol. The van der Waals surface area contributed by atoms with Crippen molar-refractivity contribution in [1.82, 2.24) is 29.6 Å². The van der Waals surface area contributed by atoms with E-state index in [9.17, 15) is 38.4 Å². The molecule has 0 bridgehead atoms. The number of hydrogen-bond donors (Lipinski definition) is 7. The van der Waals surface area contributed by atoms with Gasteiger partial charge in [0.25, 0.3) is 0 Å². The Morgan fingerprint density at radius 2 is 0.670 bits per heavy atom. The summed E-state index contributed by atoms with van der Waals surface area (Å²) in [5, 5.41) is 20.1. The molecule has 8 N–H and O–H groups in total. The van der Waals surface area contributed by atoms with Crippen LogP contribution in [0, 0.1) is 0 Å². The van der Waals surface area contributed by atoms with Crippen LogP contribution in [0.5, 0.6) is 0 Å². The summed E-state index contributed by atoms with van der Waals surface area (Å²) >= 11 is 0. The van der Waals surface area contributed by atoms with Gasteiger partial charge in [-0.2, -0.15) is 0 Å². The van der Waals surface area contributed by atoms with Gasteiger partial charge in [0.2, 0.25) is 41.4 Å². The first kappa shape index (κ1) is 69.7. The molecule has 0 radical (unpaired) electrons. The minimum absolute atomic E-state index is 0. The summed E-state index contributed by atoms with van der Waals surface area (Å²) in [6, 6.07) is 67.2. The van der Waals surface area contributed by atoms with Crippen molar-refractivity contribution in [1.29, 1.82) is 0 Å². The number of likely N-dealkylation sites (tertiary alicyclic amines) is 4. The number of carbonyl (C=O) groups excluding carboxylic acids is 7. The molecule has 2 aromatic heterocycles. The second kappa shape index (κ2) is 32.6. The molecule has 100 heavy (non-hydrogen) atoms. The number of benzene rings is 8. The highest BCUT2D eigenvalue weighted by Crippen LogP contribution is 2.31. The molecule has 4 aliphatic rings. The van der Waals surface area contributed by atoms with Crippen LogP contribution in [0.3, 0.4) is 0 Å². The molecule has 4 fully saturated rings. The Balaban J connectivity index is 0.000000169. The molecule has 4 aliphatic heterocycles. The van der Waals surface area contributed by atoms with E-state index in [-0.39, 0.29) is 68.0 Å². The van der Waals surface area contributed by atoms with Gasteiger partial charge < -0.3 is 56.4 Å². The second-order valence-electron chi connectivity index (χ2n) is 25.6. The molecule has 512 valence electrons. The number of nitrogens with one attached hydrogen (secondary N) is 5. The van der Waals surface area contributed by atoms with E-state index in [0.717, 1.165) is 97.9 Å². The fraction of sp³-hybridized carbons (Fsp3) is 0.259. The lowest BCUT2D eigenvalue weighted by molar-refractivity contribution is -0.148. The zero-order chi connectivity index (χ0) is 68.8. The predicted octanol–water partition coefficient (Wildman–Crippen LogP) is 12.7. The third kappa shape index (κ3) is 17.4. The first-order valence-corrected chi connectivity index (χ1v) is 33.9. The van der Waals surface area contributed by atoms with Crippen molar-refractivity contribution in [3.05, 3.63) is 241 Å². The third-order valence-electron chi connectivity index (χ3n) is 18.7. The van der Waals surface area contributed by atoms with Crippen molar-refractivity contribution in [2.24, 2.45) is 0 Å². The lowest BCUT2D eigenvalue weighted by Gasteiger charge is -2.24. The van der Waals surface area contributed by atoms with E-state index in [1.54, 1.807) is 14.7 Å². The van der Waals surface area contributed by atoms with Crippen LogP contribution < -0.4 is 21.7 Å². The Morgan fingerprint density at radius 3 is 1.02 bits per heavy atom. The normalized spacial score (nSPS) is 16.9. The molecule has 19 nitrogen and oxygen atoms in total. The van der Waals surface area contributed by atoms with Gasteiger partial charge in [0.05, 0.1) is 25.7 Å². The van der Waals surface area contributed by atoms with Crippen molar-refractivity contribution in [2.45, 2.75) is 109 Å². The number of carboxylic acids is 1. The Morgan fingerprint density at radius 1 is 0.370 bits per heavy atom. The summed E-state index contributed by atoms with van der Waals surface area (Å²) in [6.45, 7) is 2.34. The van der Waals surface area contributed by atoms with Crippen molar-refractivity contribution in [3.8, 4) is 22.5 Å². The van der Waals surface area contributed by atoms with Crippen LogP contribution in [-0.2, 0) is 64.0 Å². The molecule has 10 aromatic rings. The SMILES string of the molecule is C.Nc1ccc2cc(-c3ccc(NC(=O)[C@@H]4CCCN4C(=O)Cc4ccccc4)cc3)[nH]c2c1.O=C(Nc1ccc(-c2cc3ccc(NC(=O)[C@@H]4CCCN4C(=O)Cc4ccccc4)cc3[nH]2)cc1)[C@@H]1CCCN1C(=O)Cc1ccccc1.O=C(O)[C@@H]1CCCN1C(=O)Cc1ccccc1. The largest absolute Gasteiger partial charge is 0.480 e. The number of aromatic nitrogens is 2. The molecule has 4 atom stereocenters. The summed E-state index contributed by atoms with van der Waals surface area (Å²) in [5.74, 6) is -1.55. The van der Waals surface area contributed by atoms with Crippen LogP contribution >= 0.6 is 0 Å². The number of nitrogens with zero attached hydrogens (tertiary/aromatic N) is 4. The number of aliphatic carboxylic acids is 1. The van der Waals surface area contributed by atoms with Crippen molar-refractivity contribution in [3.63, 3.8) is 0 Å². The highest BCUT2D eigenvalue weighted by Gasteiger charge is 2.37. The number of H-pyrrole nitrogens is 2. The van der Waals surface area contributed by atoms with Gasteiger partial charge in [0, 0.05) is 82.1 Å². The molecule has 0 unspecified atom stereocenters. The summed E-state index contributed by atoms with van der Waals surface area (Å²) in [6.07, 6.45) is 6.91. The van der Waals surface area contributed by atoms with E-state index in [1.165, 1.54) is 4.90 Å². The average Bonchev–Trinajstić information content (AvgIpc) is 1.69. The number of rotatable bonds is 17. The minimum atomic E-state index is -0.899. The number of fused-ring (bicyclic) bond motifs is 2. The molecule has 0 aliphatic carbocycles. The minimum Gasteiger partial charge on any atom is -0.480 e. The number of nitrogen functional groups attached to an aromatic ring is 1. The van der Waals surface area contributed by atoms with Crippen LogP contribution in [0.25, 0.3) is 44.3 Å². The molecule has 0 spiro atoms. The number of carboxylic acid groups (broad SMARTS) is 1. The topological polar surface area (TPSA) is 263 Å². The smallest absolute Gasteiger partial charge is 0.326 e. The number of hydrogen-bond acceptors (Lipinski definition) is 9. The molecule has 14 rings (SSSR count). The molecule has 7 amide bonds. The van der Waals surface area contributed by atoms with Crippen molar-refractivity contribution < 1.29 is 43.5 Å². The fourth-order valence-corrected chi connectivity index (χ4v) is 13.6. The molecule has 19 heteroatoms. The van der Waals surface area contributed by atoms with E-state index < -0.39 is 30.1 Å². The summed E-state index contributed by atoms with van der Waals surface area (Å²) in [7, 11) is 0. The van der Waals surface area contributed by atoms with Crippen LogP contribution in [0.15, 0.2) is 218 Å². The quantitative estimate of drug-likeness (QED) is 0.0424. The van der Waals surface area contributed by atoms with E-state index in [2.05, 4.69) is 32.0 Å². The van der Waals surface area contributed by atoms with E-state index in [4.69, 9.17) is 10.8 Å². The van der Waals surface area contributed by atoms with Crippen LogP contribution in [-0.4, -0.2) is 132 Å². The summed E-state index contributed by atoms with van der Waals surface area (Å²) in [5.41, 5.74) is 18.1. The zero-order valence-corrected chi connectivity index (χ0v) is 55.0. The molecular weight excluding hydrogens is 1260 g/mol. The van der Waals surface area contributed by atoms with Gasteiger partial charge in [-0.3, -0.25) is 33.6 Å². The second-order valence-corrected chi connectivity index (χ2v) is 25.6. The van der Waals surface area contributed by atoms with Crippen LogP contribution in [0.1, 0.15) is 81.0 Å². The van der Waals surface area contributed by atoms with Crippen LogP contribution in [0.4, 0.5) is 22.7 Å². The molecular formula is C81H84N10O9. The Hall–Kier alpha value is -11.6. The monoisotopic (exact) mass is 1340 g/mol. The standard InChI is InChI=1S/C40H39N5O4.C27H26N4O2.C13H15NO3.CH4/c46-37(23-27-9-3-1-4-10-27)44-21-7-13-35(44)39(48)41-31-18-15-29(16-19-31)33-25-30-17-20-32(26-34(30)43-33)42-40(49)36-14-8-22-45(36)38(47)24-28-11-5-2-6-12-28;28-21-11-8-20-16-23(30-24(20)17-21)19-9-12-22(13-10-19)29-27(33)25-7-4-14-31(25)26(32)15-18-5-2-1-3-6-18;15-12(9-10-5-2-1-3-6-10)14-8-4-7-11(14)13(16)17;/h1-6,9-12,15-20,25-26,35-36,43H,7-8,13-14,21-24H2,(H,41,48)(H,42,49);1-3,5-6,8-13,16-17,25,30H,4,7,14-15,28H2,(H,29,33);1-3,5-6,11H,4,7-9H2,(H,16,17);1H4/t35-,36-;25-;11-;/m000./s1. The maximum Gasteiger partial charge on any atom is 0.326 e. The molecule has 0 saturated carbocycles. The highest BCUT2D eigenvalue weighted by molar-refractivity contribution is 6.01. The van der Waals surface area contributed by atoms with E-state index in [0.29, 0.717) is 75.3 Å². The molecule has 6 heterocycles. The lowest BCUT2D eigenvalue weighted by Crippen LogP contribution is -2.43. The zero-order valence-electron chi connectivity index (χ0n) is 55.0. The number of amides is 7. The first-order valence-electron chi connectivity index (χ1n) is 33.9. The first-order chi connectivity index (χ1) is 48.2. The number of aromatic amines is 2. The Kier molecular flexibility index (Phi) is 22.8. The maximum atomic E-state index is 13.3. The summed E-state index contributed by atoms with van der Waals surface area (Å²) < 4.78 is 0. The van der Waals surface area contributed by atoms with Crippen molar-refractivity contribution >= 4 is 91.9 Å². The van der Waals surface area contributed by atoms with Gasteiger partial charge in [-0.25, -0.2) is 4.79 Å². The van der Waals surface area contributed by atoms with Gasteiger partial charge in [-0.05, 0) is 145 Å². The van der Waals surface area contributed by atoms with Gasteiger partial charge in [0.15, 0.2) is 0 Å².